The van der Waals surface area contributed by atoms with Crippen LogP contribution in [0.5, 0.6) is 0 Å². The quantitative estimate of drug-likeness (QED) is 0.785. The van der Waals surface area contributed by atoms with Crippen LogP contribution in [0.1, 0.15) is 24.8 Å². The second kappa shape index (κ2) is 8.18. The third-order valence-corrected chi connectivity index (χ3v) is 6.75. The summed E-state index contributed by atoms with van der Waals surface area (Å²) >= 11 is 0. The summed E-state index contributed by atoms with van der Waals surface area (Å²) in [5.41, 5.74) is 1.24. The molecule has 2 fully saturated rings. The van der Waals surface area contributed by atoms with Gasteiger partial charge in [0.15, 0.2) is 9.84 Å². The average molecular weight is 379 g/mol. The molecule has 3 rings (SSSR count). The van der Waals surface area contributed by atoms with Crippen molar-refractivity contribution < 1.29 is 18.0 Å². The summed E-state index contributed by atoms with van der Waals surface area (Å²) < 4.78 is 22.8. The standard InChI is InChI=1S/C18H25N3O4S/c22-17(20-18(23)19-15-8-10-26(24,25)13-15)12-21-9-4-7-16(21)11-14-5-2-1-3-6-14/h1-3,5-6,15-16H,4,7-13H2,(H2,19,20,22,23)/t15-,16-/m1/s1. The molecule has 0 radical (unpaired) electrons. The van der Waals surface area contributed by atoms with Gasteiger partial charge in [0, 0.05) is 12.1 Å². The van der Waals surface area contributed by atoms with Crippen LogP contribution in [-0.2, 0) is 21.1 Å². The zero-order chi connectivity index (χ0) is 18.6. The Morgan fingerprint density at radius 1 is 1.15 bits per heavy atom. The molecular formula is C18H25N3O4S. The maximum Gasteiger partial charge on any atom is 0.321 e. The lowest BCUT2D eigenvalue weighted by molar-refractivity contribution is -0.121. The van der Waals surface area contributed by atoms with Gasteiger partial charge in [0.2, 0.25) is 5.91 Å². The molecular weight excluding hydrogens is 354 g/mol. The zero-order valence-corrected chi connectivity index (χ0v) is 15.5. The Hall–Kier alpha value is -1.93. The number of urea groups is 1. The van der Waals surface area contributed by atoms with Crippen LogP contribution in [0.2, 0.25) is 0 Å². The molecule has 0 aromatic heterocycles. The summed E-state index contributed by atoms with van der Waals surface area (Å²) in [7, 11) is -3.06. The van der Waals surface area contributed by atoms with Gasteiger partial charge in [-0.1, -0.05) is 30.3 Å². The van der Waals surface area contributed by atoms with Crippen molar-refractivity contribution in [1.29, 1.82) is 0 Å². The van der Waals surface area contributed by atoms with Gasteiger partial charge in [-0.25, -0.2) is 13.2 Å². The van der Waals surface area contributed by atoms with E-state index in [-0.39, 0.29) is 24.0 Å². The number of nitrogens with zero attached hydrogens (tertiary/aromatic N) is 1. The second-order valence-corrected chi connectivity index (χ2v) is 9.31. The van der Waals surface area contributed by atoms with Crippen LogP contribution >= 0.6 is 0 Å². The minimum atomic E-state index is -3.06. The number of hydrogen-bond donors (Lipinski definition) is 2. The summed E-state index contributed by atoms with van der Waals surface area (Å²) in [4.78, 5) is 26.2. The Balaban J connectivity index is 1.45. The number of benzene rings is 1. The largest absolute Gasteiger partial charge is 0.334 e. The maximum atomic E-state index is 12.2. The molecule has 3 amide bonds. The molecule has 2 saturated heterocycles. The van der Waals surface area contributed by atoms with E-state index in [0.29, 0.717) is 12.5 Å². The van der Waals surface area contributed by atoms with Gasteiger partial charge in [-0.3, -0.25) is 15.0 Å². The maximum absolute atomic E-state index is 12.2. The lowest BCUT2D eigenvalue weighted by atomic mass is 10.0. The van der Waals surface area contributed by atoms with Crippen molar-refractivity contribution >= 4 is 21.8 Å². The molecule has 0 unspecified atom stereocenters. The number of hydrogen-bond acceptors (Lipinski definition) is 5. The summed E-state index contributed by atoms with van der Waals surface area (Å²) in [6, 6.07) is 9.44. The molecule has 0 aliphatic carbocycles. The minimum absolute atomic E-state index is 0.0557. The lowest BCUT2D eigenvalue weighted by Gasteiger charge is -2.24. The van der Waals surface area contributed by atoms with Crippen molar-refractivity contribution in [3.8, 4) is 0 Å². The molecule has 0 spiro atoms. The molecule has 2 aliphatic rings. The van der Waals surface area contributed by atoms with Gasteiger partial charge in [-0.2, -0.15) is 0 Å². The molecule has 2 atom stereocenters. The molecule has 1 aromatic rings. The van der Waals surface area contributed by atoms with E-state index in [9.17, 15) is 18.0 Å². The number of amides is 3. The Morgan fingerprint density at radius 3 is 2.62 bits per heavy atom. The Morgan fingerprint density at radius 2 is 1.92 bits per heavy atom. The Bertz CT molecular complexity index is 751. The molecule has 26 heavy (non-hydrogen) atoms. The van der Waals surface area contributed by atoms with Crippen molar-refractivity contribution in [1.82, 2.24) is 15.5 Å². The lowest BCUT2D eigenvalue weighted by Crippen LogP contribution is -2.48. The molecule has 142 valence electrons. The highest BCUT2D eigenvalue weighted by molar-refractivity contribution is 7.91. The predicted molar refractivity (Wildman–Crippen MR) is 98.5 cm³/mol. The van der Waals surface area contributed by atoms with Crippen LogP contribution in [0, 0.1) is 0 Å². The summed E-state index contributed by atoms with van der Waals surface area (Å²) in [6.45, 7) is 1.02. The number of carbonyl (C=O) groups excluding carboxylic acids is 2. The third-order valence-electron chi connectivity index (χ3n) is 4.98. The SMILES string of the molecule is O=C(CN1CCC[C@@H]1Cc1ccccc1)NC(=O)N[C@@H]1CCS(=O)(=O)C1. The Labute approximate surface area is 154 Å². The molecule has 7 nitrogen and oxygen atoms in total. The highest BCUT2D eigenvalue weighted by atomic mass is 32.2. The number of nitrogens with one attached hydrogen (secondary N) is 2. The zero-order valence-electron chi connectivity index (χ0n) is 14.7. The number of carbonyl (C=O) groups is 2. The van der Waals surface area contributed by atoms with Gasteiger partial charge in [-0.15, -0.1) is 0 Å². The van der Waals surface area contributed by atoms with Gasteiger partial charge in [0.1, 0.15) is 0 Å². The molecule has 1 aromatic carbocycles. The van der Waals surface area contributed by atoms with E-state index in [4.69, 9.17) is 0 Å². The van der Waals surface area contributed by atoms with Crippen LogP contribution < -0.4 is 10.6 Å². The van der Waals surface area contributed by atoms with Crippen LogP contribution in [0.25, 0.3) is 0 Å². The first-order chi connectivity index (χ1) is 12.4. The van der Waals surface area contributed by atoms with E-state index >= 15 is 0 Å². The molecule has 2 heterocycles. The highest BCUT2D eigenvalue weighted by Gasteiger charge is 2.30. The second-order valence-electron chi connectivity index (χ2n) is 7.08. The van der Waals surface area contributed by atoms with Gasteiger partial charge in [-0.05, 0) is 37.8 Å². The molecule has 0 bridgehead atoms. The van der Waals surface area contributed by atoms with Crippen LogP contribution in [0.15, 0.2) is 30.3 Å². The molecule has 0 saturated carbocycles. The van der Waals surface area contributed by atoms with Crippen molar-refractivity contribution in [3.05, 3.63) is 35.9 Å². The summed E-state index contributed by atoms with van der Waals surface area (Å²) in [5.74, 6) is -0.330. The number of likely N-dealkylation sites (tertiary alicyclic amines) is 1. The van der Waals surface area contributed by atoms with E-state index in [1.165, 1.54) is 5.56 Å². The number of sulfone groups is 1. The average Bonchev–Trinajstić information content (AvgIpc) is 3.14. The molecule has 8 heteroatoms. The van der Waals surface area contributed by atoms with E-state index in [2.05, 4.69) is 27.7 Å². The Kier molecular flexibility index (Phi) is 5.93. The van der Waals surface area contributed by atoms with Gasteiger partial charge >= 0.3 is 6.03 Å². The van der Waals surface area contributed by atoms with E-state index in [0.717, 1.165) is 25.8 Å². The molecule has 2 N–H and O–H groups in total. The summed E-state index contributed by atoms with van der Waals surface area (Å²) in [6.07, 6.45) is 3.36. The topological polar surface area (TPSA) is 95.6 Å². The highest BCUT2D eigenvalue weighted by Crippen LogP contribution is 2.20. The van der Waals surface area contributed by atoms with Crippen LogP contribution in [0.3, 0.4) is 0 Å². The fraction of sp³-hybridized carbons (Fsp3) is 0.556. The monoisotopic (exact) mass is 379 g/mol. The van der Waals surface area contributed by atoms with Crippen molar-refractivity contribution in [2.24, 2.45) is 0 Å². The van der Waals surface area contributed by atoms with E-state index in [1.54, 1.807) is 0 Å². The van der Waals surface area contributed by atoms with Crippen LogP contribution in [-0.4, -0.2) is 61.9 Å². The van der Waals surface area contributed by atoms with Crippen molar-refractivity contribution in [3.63, 3.8) is 0 Å². The number of rotatable bonds is 5. The van der Waals surface area contributed by atoms with Crippen LogP contribution in [0.4, 0.5) is 4.79 Å². The van der Waals surface area contributed by atoms with E-state index < -0.39 is 21.9 Å². The smallest absolute Gasteiger partial charge is 0.321 e. The van der Waals surface area contributed by atoms with Gasteiger partial charge in [0.25, 0.3) is 0 Å². The van der Waals surface area contributed by atoms with Crippen molar-refractivity contribution in [2.45, 2.75) is 37.8 Å². The van der Waals surface area contributed by atoms with Gasteiger partial charge in [0.05, 0.1) is 18.1 Å². The minimum Gasteiger partial charge on any atom is -0.334 e. The first-order valence-electron chi connectivity index (χ1n) is 9.00. The van der Waals surface area contributed by atoms with Gasteiger partial charge < -0.3 is 5.32 Å². The number of imide groups is 1. The first kappa shape index (κ1) is 18.8. The summed E-state index contributed by atoms with van der Waals surface area (Å²) in [5, 5.41) is 4.89. The van der Waals surface area contributed by atoms with Crippen molar-refractivity contribution in [2.75, 3.05) is 24.6 Å². The fourth-order valence-corrected chi connectivity index (χ4v) is 5.37. The first-order valence-corrected chi connectivity index (χ1v) is 10.8. The molecule has 2 aliphatic heterocycles. The van der Waals surface area contributed by atoms with E-state index in [1.807, 2.05) is 18.2 Å². The third kappa shape index (κ3) is 5.28. The normalized spacial score (nSPS) is 25.1. The fourth-order valence-electron chi connectivity index (χ4n) is 3.70. The predicted octanol–water partition coefficient (Wildman–Crippen LogP) is 0.706.